The van der Waals surface area contributed by atoms with Crippen molar-refractivity contribution in [3.8, 4) is 11.3 Å². The van der Waals surface area contributed by atoms with E-state index < -0.39 is 9.84 Å². The Kier molecular flexibility index (Phi) is 6.62. The second-order valence-corrected chi connectivity index (χ2v) is 12.8. The number of benzene rings is 1. The van der Waals surface area contributed by atoms with Crippen LogP contribution in [0.1, 0.15) is 49.7 Å². The summed E-state index contributed by atoms with van der Waals surface area (Å²) in [5, 5.41) is 10.8. The van der Waals surface area contributed by atoms with Crippen molar-refractivity contribution < 1.29 is 17.9 Å². The number of ether oxygens (including phenoxy) is 1. The molecule has 40 heavy (non-hydrogen) atoms. The van der Waals surface area contributed by atoms with Gasteiger partial charge >= 0.3 is 0 Å². The number of sulfone groups is 1. The summed E-state index contributed by atoms with van der Waals surface area (Å²) in [6, 6.07) is 6.94. The molecule has 1 saturated heterocycles. The molecular weight excluding hydrogens is 530 g/mol. The van der Waals surface area contributed by atoms with E-state index in [9.17, 15) is 13.2 Å². The van der Waals surface area contributed by atoms with Crippen LogP contribution in [0, 0.1) is 19.8 Å². The van der Waals surface area contributed by atoms with Crippen LogP contribution in [0.5, 0.6) is 0 Å². The Labute approximate surface area is 232 Å². The standard InChI is InChI=1S/C28H33N7O4S/c1-16-15-34(3)33-25(16)19-10-11-20(22(13-19)40(4,37)38)30-21-14-23(32-28(36)18-8-9-18)31-27-26(21)29-17(2)35(27)24-7-5-6-12-39-24/h10-11,13-15,18,24H,5-9,12H2,1-4H3,(H2,30,31,32,36). The lowest BCUT2D eigenvalue weighted by molar-refractivity contribution is -0.117. The molecule has 1 aliphatic carbocycles. The largest absolute Gasteiger partial charge is 0.358 e. The fourth-order valence-corrected chi connectivity index (χ4v) is 6.15. The average Bonchev–Trinajstić information content (AvgIpc) is 3.63. The molecule has 1 amide bonds. The van der Waals surface area contributed by atoms with Crippen molar-refractivity contribution in [2.24, 2.45) is 13.0 Å². The highest BCUT2D eigenvalue weighted by Gasteiger charge is 2.31. The lowest BCUT2D eigenvalue weighted by Crippen LogP contribution is -2.20. The molecular formula is C28H33N7O4S. The molecule has 2 N–H and O–H groups in total. The number of hydrogen-bond donors (Lipinski definition) is 2. The third-order valence-electron chi connectivity index (χ3n) is 7.40. The zero-order valence-electron chi connectivity index (χ0n) is 23.1. The Balaban J connectivity index is 1.47. The minimum absolute atomic E-state index is 0.00154. The van der Waals surface area contributed by atoms with Crippen LogP contribution in [0.2, 0.25) is 0 Å². The van der Waals surface area contributed by atoms with Gasteiger partial charge in [0.15, 0.2) is 15.5 Å². The molecule has 2 aliphatic rings. The minimum atomic E-state index is -3.62. The second kappa shape index (κ2) is 10.0. The minimum Gasteiger partial charge on any atom is -0.358 e. The number of aromatic nitrogens is 5. The number of amides is 1. The molecule has 1 aromatic carbocycles. The molecule has 2 fully saturated rings. The Morgan fingerprint density at radius 2 is 1.88 bits per heavy atom. The number of carbonyl (C=O) groups excluding carboxylic acids is 1. The number of rotatable bonds is 7. The highest BCUT2D eigenvalue weighted by molar-refractivity contribution is 7.90. The van der Waals surface area contributed by atoms with Gasteiger partial charge in [-0.25, -0.2) is 18.4 Å². The highest BCUT2D eigenvalue weighted by Crippen LogP contribution is 2.37. The van der Waals surface area contributed by atoms with Crippen LogP contribution in [0.4, 0.5) is 17.2 Å². The maximum atomic E-state index is 13.0. The molecule has 11 nitrogen and oxygen atoms in total. The van der Waals surface area contributed by atoms with Gasteiger partial charge in [0.1, 0.15) is 23.4 Å². The maximum Gasteiger partial charge on any atom is 0.228 e. The smallest absolute Gasteiger partial charge is 0.228 e. The van der Waals surface area contributed by atoms with Gasteiger partial charge in [0.25, 0.3) is 0 Å². The van der Waals surface area contributed by atoms with Gasteiger partial charge in [-0.2, -0.15) is 5.10 Å². The lowest BCUT2D eigenvalue weighted by Gasteiger charge is -2.25. The molecule has 1 aliphatic heterocycles. The van der Waals surface area contributed by atoms with Crippen molar-refractivity contribution >= 4 is 44.1 Å². The van der Waals surface area contributed by atoms with Crippen LogP contribution in [-0.2, 0) is 26.4 Å². The van der Waals surface area contributed by atoms with Gasteiger partial charge in [0.05, 0.1) is 22.0 Å². The van der Waals surface area contributed by atoms with Crippen molar-refractivity contribution in [2.45, 2.75) is 57.1 Å². The van der Waals surface area contributed by atoms with Gasteiger partial charge in [-0.3, -0.25) is 14.0 Å². The monoisotopic (exact) mass is 563 g/mol. The van der Waals surface area contributed by atoms with E-state index >= 15 is 0 Å². The summed E-state index contributed by atoms with van der Waals surface area (Å²) in [5.41, 5.74) is 4.45. The first kappa shape index (κ1) is 26.5. The number of pyridine rings is 1. The van der Waals surface area contributed by atoms with E-state index in [0.717, 1.165) is 49.2 Å². The van der Waals surface area contributed by atoms with E-state index in [1.54, 1.807) is 22.9 Å². The van der Waals surface area contributed by atoms with Crippen LogP contribution in [0.15, 0.2) is 35.4 Å². The lowest BCUT2D eigenvalue weighted by atomic mass is 10.1. The normalized spacial score (nSPS) is 17.8. The van der Waals surface area contributed by atoms with Gasteiger partial charge in [0, 0.05) is 43.7 Å². The van der Waals surface area contributed by atoms with E-state index in [-0.39, 0.29) is 22.9 Å². The van der Waals surface area contributed by atoms with Crippen molar-refractivity contribution in [3.63, 3.8) is 0 Å². The fraction of sp³-hybridized carbons (Fsp3) is 0.429. The third kappa shape index (κ3) is 5.08. The van der Waals surface area contributed by atoms with Crippen LogP contribution in [-0.4, -0.2) is 51.5 Å². The predicted octanol–water partition coefficient (Wildman–Crippen LogP) is 4.64. The van der Waals surface area contributed by atoms with Crippen molar-refractivity contribution in [2.75, 3.05) is 23.5 Å². The Bertz CT molecular complexity index is 1730. The summed E-state index contributed by atoms with van der Waals surface area (Å²) in [7, 11) is -1.79. The molecule has 0 spiro atoms. The Hall–Kier alpha value is -3.77. The molecule has 4 aromatic rings. The van der Waals surface area contributed by atoms with E-state index in [1.165, 1.54) is 6.26 Å². The van der Waals surface area contributed by atoms with Crippen LogP contribution in [0.3, 0.4) is 0 Å². The van der Waals surface area contributed by atoms with E-state index in [4.69, 9.17) is 14.7 Å². The SMILES string of the molecule is Cc1cn(C)nc1-c1ccc(Nc2cc(NC(=O)C3CC3)nc3c2nc(C)n3C2CCCCO2)c(S(C)(=O)=O)c1. The summed E-state index contributed by atoms with van der Waals surface area (Å²) in [5.74, 6) is 1.04. The molecule has 12 heteroatoms. The van der Waals surface area contributed by atoms with E-state index in [0.29, 0.717) is 40.5 Å². The average molecular weight is 564 g/mol. The Morgan fingerprint density at radius 3 is 2.52 bits per heavy atom. The van der Waals surface area contributed by atoms with Gasteiger partial charge in [0.2, 0.25) is 5.91 Å². The van der Waals surface area contributed by atoms with Crippen molar-refractivity contribution in [1.82, 2.24) is 24.3 Å². The van der Waals surface area contributed by atoms with Crippen LogP contribution in [0.25, 0.3) is 22.4 Å². The zero-order chi connectivity index (χ0) is 28.2. The number of carbonyl (C=O) groups is 1. The summed E-state index contributed by atoms with van der Waals surface area (Å²) in [6.45, 7) is 4.50. The molecule has 0 bridgehead atoms. The van der Waals surface area contributed by atoms with Gasteiger partial charge in [-0.05, 0) is 63.6 Å². The molecule has 1 atom stereocenters. The first-order chi connectivity index (χ1) is 19.1. The number of aryl methyl sites for hydroxylation is 3. The molecule has 6 rings (SSSR count). The molecule has 4 heterocycles. The zero-order valence-corrected chi connectivity index (χ0v) is 23.9. The number of nitrogens with one attached hydrogen (secondary N) is 2. The first-order valence-electron chi connectivity index (χ1n) is 13.5. The number of imidazole rings is 1. The maximum absolute atomic E-state index is 13.0. The first-order valence-corrected chi connectivity index (χ1v) is 15.4. The summed E-state index contributed by atoms with van der Waals surface area (Å²) < 4.78 is 35.7. The molecule has 0 radical (unpaired) electrons. The predicted molar refractivity (Wildman–Crippen MR) is 152 cm³/mol. The number of anilines is 3. The van der Waals surface area contributed by atoms with Gasteiger partial charge in [-0.1, -0.05) is 6.07 Å². The topological polar surface area (TPSA) is 133 Å². The summed E-state index contributed by atoms with van der Waals surface area (Å²) in [4.78, 5) is 22.4. The second-order valence-electron chi connectivity index (χ2n) is 10.8. The van der Waals surface area contributed by atoms with E-state index in [1.807, 2.05) is 37.7 Å². The van der Waals surface area contributed by atoms with Crippen molar-refractivity contribution in [3.05, 3.63) is 41.9 Å². The fourth-order valence-electron chi connectivity index (χ4n) is 5.29. The van der Waals surface area contributed by atoms with Crippen LogP contribution >= 0.6 is 0 Å². The molecule has 1 saturated carbocycles. The van der Waals surface area contributed by atoms with Gasteiger partial charge < -0.3 is 15.4 Å². The van der Waals surface area contributed by atoms with Crippen molar-refractivity contribution in [1.29, 1.82) is 0 Å². The molecule has 3 aromatic heterocycles. The number of fused-ring (bicyclic) bond motifs is 1. The van der Waals surface area contributed by atoms with Crippen LogP contribution < -0.4 is 10.6 Å². The molecule has 210 valence electrons. The van der Waals surface area contributed by atoms with E-state index in [2.05, 4.69) is 15.7 Å². The molecule has 1 unspecified atom stereocenters. The number of nitrogens with zero attached hydrogens (tertiary/aromatic N) is 5. The Morgan fingerprint density at radius 1 is 1.07 bits per heavy atom. The summed E-state index contributed by atoms with van der Waals surface area (Å²) in [6.07, 6.45) is 7.48. The number of hydrogen-bond acceptors (Lipinski definition) is 8. The quantitative estimate of drug-likeness (QED) is 0.332. The van der Waals surface area contributed by atoms with Gasteiger partial charge in [-0.15, -0.1) is 0 Å². The third-order valence-corrected chi connectivity index (χ3v) is 8.54. The highest BCUT2D eigenvalue weighted by atomic mass is 32.2. The summed E-state index contributed by atoms with van der Waals surface area (Å²) >= 11 is 0.